The summed E-state index contributed by atoms with van der Waals surface area (Å²) in [5, 5.41) is 4.27. The van der Waals surface area contributed by atoms with Gasteiger partial charge < -0.3 is 25.0 Å². The van der Waals surface area contributed by atoms with Gasteiger partial charge in [-0.3, -0.25) is 0 Å². The lowest BCUT2D eigenvalue weighted by molar-refractivity contribution is -0.137. The molecule has 1 fully saturated rings. The first-order chi connectivity index (χ1) is 21.8. The molecule has 0 unspecified atom stereocenters. The molecule has 4 rings (SSSR count). The predicted octanol–water partition coefficient (Wildman–Crippen LogP) is 7.88. The van der Waals surface area contributed by atoms with Crippen molar-refractivity contribution in [3.8, 4) is 5.75 Å². The van der Waals surface area contributed by atoms with Gasteiger partial charge in [-0.2, -0.15) is 26.9 Å². The van der Waals surface area contributed by atoms with Crippen LogP contribution in [0.5, 0.6) is 5.75 Å². The number of carbonyl (C=O) groups excluding carboxylic acids is 1. The van der Waals surface area contributed by atoms with Gasteiger partial charge in [0.15, 0.2) is 9.84 Å². The molecule has 2 N–H and O–H groups in total. The molecule has 0 saturated carbocycles. The molecule has 1 saturated heterocycles. The lowest BCUT2D eigenvalue weighted by atomic mass is 9.89. The van der Waals surface area contributed by atoms with E-state index in [1.165, 1.54) is 50.2 Å². The largest absolute Gasteiger partial charge is 0.444 e. The van der Waals surface area contributed by atoms with E-state index >= 15 is 0 Å². The minimum Gasteiger partial charge on any atom is -0.444 e. The highest BCUT2D eigenvalue weighted by Crippen LogP contribution is 2.39. The van der Waals surface area contributed by atoms with Crippen molar-refractivity contribution in [2.75, 3.05) is 23.7 Å². The van der Waals surface area contributed by atoms with Crippen LogP contribution >= 0.6 is 0 Å². The first-order valence-electron chi connectivity index (χ1n) is 14.7. The number of nitrogens with one attached hydrogen (secondary N) is 2. The Kier molecular flexibility index (Phi) is 10.5. The first-order valence-corrected chi connectivity index (χ1v) is 16.3. The summed E-state index contributed by atoms with van der Waals surface area (Å²) in [5.41, 5.74) is -1.45. The van der Waals surface area contributed by atoms with Gasteiger partial charge in [0.1, 0.15) is 22.7 Å². The van der Waals surface area contributed by atoms with Gasteiger partial charge in [0.25, 0.3) is 0 Å². The van der Waals surface area contributed by atoms with Crippen molar-refractivity contribution in [1.82, 2.24) is 14.9 Å². The molecule has 1 aromatic heterocycles. The summed E-state index contributed by atoms with van der Waals surface area (Å²) < 4.78 is 105. The molecule has 0 spiro atoms. The third-order valence-electron chi connectivity index (χ3n) is 7.25. The van der Waals surface area contributed by atoms with Gasteiger partial charge in [0.2, 0.25) is 5.95 Å². The topological polar surface area (TPSA) is 123 Å². The summed E-state index contributed by atoms with van der Waals surface area (Å²) in [6, 6.07) is 9.94. The van der Waals surface area contributed by atoms with Gasteiger partial charge in [0.05, 0.1) is 21.5 Å². The van der Waals surface area contributed by atoms with E-state index < -0.39 is 56.9 Å². The quantitative estimate of drug-likeness (QED) is 0.217. The standard InChI is InChI=1S/C31H36F5N5O5S/c1-18(2)47(43,44)25-9-7-6-8-23(25)38-26-21(31(34,35)36)17-37-28(40-26)39-22-11-10-20(16-24(22)45-27(32)33)19-12-14-41(15-13-19)29(42)46-30(3,4)5/h6-11,16-19,27H,12-15H2,1-5H3,(H2,37,38,39,40). The van der Waals surface area contributed by atoms with Crippen LogP contribution in [0.25, 0.3) is 0 Å². The van der Waals surface area contributed by atoms with E-state index in [9.17, 15) is 35.2 Å². The van der Waals surface area contributed by atoms with E-state index in [1.54, 1.807) is 31.7 Å². The third-order valence-corrected chi connectivity index (χ3v) is 9.46. The highest BCUT2D eigenvalue weighted by molar-refractivity contribution is 7.92. The second-order valence-corrected chi connectivity index (χ2v) is 14.6. The summed E-state index contributed by atoms with van der Waals surface area (Å²) in [5.74, 6) is -1.55. The summed E-state index contributed by atoms with van der Waals surface area (Å²) in [4.78, 5) is 21.5. The maximum absolute atomic E-state index is 14.0. The zero-order valence-corrected chi connectivity index (χ0v) is 27.2. The number of hydrogen-bond acceptors (Lipinski definition) is 9. The molecule has 2 heterocycles. The van der Waals surface area contributed by atoms with Crippen molar-refractivity contribution in [2.24, 2.45) is 0 Å². The normalized spacial score (nSPS) is 14.8. The van der Waals surface area contributed by atoms with Crippen LogP contribution in [0, 0.1) is 0 Å². The Labute approximate surface area is 269 Å². The zero-order valence-electron chi connectivity index (χ0n) is 26.4. The monoisotopic (exact) mass is 685 g/mol. The van der Waals surface area contributed by atoms with E-state index in [1.807, 2.05) is 0 Å². The highest BCUT2D eigenvalue weighted by Gasteiger charge is 2.36. The fraction of sp³-hybridized carbons (Fsp3) is 0.452. The van der Waals surface area contributed by atoms with Crippen LogP contribution in [0.15, 0.2) is 53.6 Å². The fourth-order valence-electron chi connectivity index (χ4n) is 4.88. The van der Waals surface area contributed by atoms with Gasteiger partial charge in [-0.05, 0) is 83.2 Å². The first kappa shape index (κ1) is 35.6. The number of benzene rings is 2. The van der Waals surface area contributed by atoms with E-state index in [0.29, 0.717) is 37.7 Å². The molecule has 1 aliphatic heterocycles. The summed E-state index contributed by atoms with van der Waals surface area (Å²) in [7, 11) is -3.90. The van der Waals surface area contributed by atoms with Crippen molar-refractivity contribution < 1.29 is 44.6 Å². The highest BCUT2D eigenvalue weighted by atomic mass is 32.2. The molecule has 256 valence electrons. The van der Waals surface area contributed by atoms with Crippen LogP contribution in [-0.4, -0.2) is 59.9 Å². The molecule has 0 bridgehead atoms. The number of aromatic nitrogens is 2. The molecule has 47 heavy (non-hydrogen) atoms. The number of ether oxygens (including phenoxy) is 2. The summed E-state index contributed by atoms with van der Waals surface area (Å²) >= 11 is 0. The van der Waals surface area contributed by atoms with E-state index in [-0.39, 0.29) is 27.9 Å². The summed E-state index contributed by atoms with van der Waals surface area (Å²) in [6.07, 6.45) is -3.79. The van der Waals surface area contributed by atoms with Gasteiger partial charge in [-0.25, -0.2) is 18.2 Å². The number of anilines is 4. The van der Waals surface area contributed by atoms with Crippen molar-refractivity contribution in [3.05, 3.63) is 59.8 Å². The molecule has 0 radical (unpaired) electrons. The van der Waals surface area contributed by atoms with E-state index in [0.717, 1.165) is 0 Å². The van der Waals surface area contributed by atoms with Crippen molar-refractivity contribution >= 4 is 39.1 Å². The Balaban J connectivity index is 1.61. The number of amides is 1. The fourth-order valence-corrected chi connectivity index (χ4v) is 6.08. The molecule has 0 aliphatic carbocycles. The smallest absolute Gasteiger partial charge is 0.421 e. The van der Waals surface area contributed by atoms with Gasteiger partial charge in [0, 0.05) is 19.3 Å². The van der Waals surface area contributed by atoms with E-state index in [2.05, 4.69) is 20.6 Å². The number of halogens is 5. The average molecular weight is 686 g/mol. The molecular formula is C31H36F5N5O5S. The van der Waals surface area contributed by atoms with Crippen molar-refractivity contribution in [3.63, 3.8) is 0 Å². The van der Waals surface area contributed by atoms with Crippen LogP contribution in [0.3, 0.4) is 0 Å². The average Bonchev–Trinajstić information content (AvgIpc) is 2.96. The van der Waals surface area contributed by atoms with Gasteiger partial charge >= 0.3 is 18.9 Å². The number of sulfone groups is 1. The summed E-state index contributed by atoms with van der Waals surface area (Å²) in [6.45, 7) is 5.75. The molecule has 10 nitrogen and oxygen atoms in total. The zero-order chi connectivity index (χ0) is 34.7. The Morgan fingerprint density at radius 2 is 1.66 bits per heavy atom. The Bertz CT molecular complexity index is 1690. The number of alkyl halides is 5. The van der Waals surface area contributed by atoms with Crippen LogP contribution < -0.4 is 15.4 Å². The van der Waals surface area contributed by atoms with Crippen LogP contribution in [0.1, 0.15) is 64.5 Å². The number of carbonyl (C=O) groups is 1. The minimum absolute atomic E-state index is 0.0475. The maximum Gasteiger partial charge on any atom is 0.421 e. The number of likely N-dealkylation sites (tertiary alicyclic amines) is 1. The lowest BCUT2D eigenvalue weighted by Crippen LogP contribution is -2.41. The lowest BCUT2D eigenvalue weighted by Gasteiger charge is -2.33. The molecule has 3 aromatic rings. The molecule has 1 aliphatic rings. The number of hydrogen-bond donors (Lipinski definition) is 2. The number of para-hydroxylation sites is 1. The second kappa shape index (κ2) is 13.9. The van der Waals surface area contributed by atoms with E-state index in [4.69, 9.17) is 9.47 Å². The van der Waals surface area contributed by atoms with Crippen LogP contribution in [-0.2, 0) is 20.8 Å². The molecule has 0 atom stereocenters. The third kappa shape index (κ3) is 8.99. The van der Waals surface area contributed by atoms with Crippen LogP contribution in [0.2, 0.25) is 0 Å². The number of piperidine rings is 1. The Hall–Kier alpha value is -4.21. The molecule has 2 aromatic carbocycles. The number of nitrogens with zero attached hydrogens (tertiary/aromatic N) is 3. The SMILES string of the molecule is CC(C)S(=O)(=O)c1ccccc1Nc1nc(Nc2ccc(C3CCN(C(=O)OC(C)(C)C)CC3)cc2OC(F)F)ncc1C(F)(F)F. The van der Waals surface area contributed by atoms with Crippen LogP contribution in [0.4, 0.5) is 49.9 Å². The Morgan fingerprint density at radius 1 is 1.00 bits per heavy atom. The van der Waals surface area contributed by atoms with Crippen molar-refractivity contribution in [1.29, 1.82) is 0 Å². The molecular weight excluding hydrogens is 649 g/mol. The Morgan fingerprint density at radius 3 is 2.26 bits per heavy atom. The molecule has 16 heteroatoms. The van der Waals surface area contributed by atoms with Crippen molar-refractivity contribution in [2.45, 2.75) is 81.9 Å². The predicted molar refractivity (Wildman–Crippen MR) is 165 cm³/mol. The number of rotatable bonds is 9. The minimum atomic E-state index is -4.92. The maximum atomic E-state index is 14.0. The van der Waals surface area contributed by atoms with Gasteiger partial charge in [-0.15, -0.1) is 0 Å². The molecule has 1 amide bonds. The second-order valence-electron chi connectivity index (χ2n) is 12.2. The van der Waals surface area contributed by atoms with Gasteiger partial charge in [-0.1, -0.05) is 18.2 Å².